The summed E-state index contributed by atoms with van der Waals surface area (Å²) in [6.45, 7) is 0.427. The quantitative estimate of drug-likeness (QED) is 0.691. The van der Waals surface area contributed by atoms with Gasteiger partial charge in [0.05, 0.1) is 23.8 Å². The van der Waals surface area contributed by atoms with E-state index in [0.717, 1.165) is 5.56 Å². The first-order valence-corrected chi connectivity index (χ1v) is 5.08. The van der Waals surface area contributed by atoms with Gasteiger partial charge in [-0.3, -0.25) is 4.68 Å². The molecule has 2 aromatic rings. The molecule has 17 heavy (non-hydrogen) atoms. The van der Waals surface area contributed by atoms with Crippen LogP contribution in [0.1, 0.15) is 11.1 Å². The Labute approximate surface area is 98.7 Å². The van der Waals surface area contributed by atoms with Crippen molar-refractivity contribution in [3.05, 3.63) is 47.7 Å². The van der Waals surface area contributed by atoms with Crippen LogP contribution in [0.25, 0.3) is 0 Å². The summed E-state index contributed by atoms with van der Waals surface area (Å²) in [6, 6.07) is 10.9. The second-order valence-corrected chi connectivity index (χ2v) is 3.58. The third-order valence-corrected chi connectivity index (χ3v) is 2.40. The van der Waals surface area contributed by atoms with E-state index in [1.54, 1.807) is 23.0 Å². The van der Waals surface area contributed by atoms with E-state index in [4.69, 9.17) is 15.3 Å². The minimum absolute atomic E-state index is 0.194. The van der Waals surface area contributed by atoms with Crippen LogP contribution in [0.3, 0.4) is 0 Å². The van der Waals surface area contributed by atoms with Crippen molar-refractivity contribution in [2.24, 2.45) is 0 Å². The number of hydrogen-bond acceptors (Lipinski definition) is 4. The number of nitrogens with zero attached hydrogens (tertiary/aromatic N) is 3. The second kappa shape index (κ2) is 4.83. The summed E-state index contributed by atoms with van der Waals surface area (Å²) in [5.74, 6) is 0. The van der Waals surface area contributed by atoms with Crippen molar-refractivity contribution < 1.29 is 10.0 Å². The van der Waals surface area contributed by atoms with Gasteiger partial charge in [0.2, 0.25) is 0 Å². The SMILES string of the molecule is N#Cc1ccccc1Cn1ccc(B(O)O)n1. The van der Waals surface area contributed by atoms with Crippen molar-refractivity contribution in [3.8, 4) is 6.07 Å². The van der Waals surface area contributed by atoms with E-state index in [-0.39, 0.29) is 5.59 Å². The largest absolute Gasteiger partial charge is 0.510 e. The van der Waals surface area contributed by atoms with Crippen LogP contribution in [0, 0.1) is 11.3 Å². The molecule has 2 N–H and O–H groups in total. The lowest BCUT2D eigenvalue weighted by Gasteiger charge is -2.03. The number of benzene rings is 1. The average Bonchev–Trinajstić information content (AvgIpc) is 2.78. The Balaban J connectivity index is 2.23. The lowest BCUT2D eigenvalue weighted by Crippen LogP contribution is -2.31. The van der Waals surface area contributed by atoms with Crippen molar-refractivity contribution in [2.75, 3.05) is 0 Å². The molecule has 0 radical (unpaired) electrons. The standard InChI is InChI=1S/C11H10BN3O2/c13-7-9-3-1-2-4-10(9)8-15-6-5-11(14-15)12(16)17/h1-6,16-17H,8H2. The van der Waals surface area contributed by atoms with Crippen LogP contribution in [0.5, 0.6) is 0 Å². The van der Waals surface area contributed by atoms with E-state index < -0.39 is 7.12 Å². The van der Waals surface area contributed by atoms with Crippen LogP contribution in [-0.4, -0.2) is 26.9 Å². The molecule has 0 unspecified atom stereocenters. The van der Waals surface area contributed by atoms with E-state index >= 15 is 0 Å². The van der Waals surface area contributed by atoms with Crippen LogP contribution in [-0.2, 0) is 6.54 Å². The fourth-order valence-electron chi connectivity index (χ4n) is 1.54. The molecule has 2 rings (SSSR count). The molecule has 6 heteroatoms. The van der Waals surface area contributed by atoms with Gasteiger partial charge in [0.25, 0.3) is 0 Å². The highest BCUT2D eigenvalue weighted by Crippen LogP contribution is 2.08. The fraction of sp³-hybridized carbons (Fsp3) is 0.0909. The summed E-state index contributed by atoms with van der Waals surface area (Å²) >= 11 is 0. The van der Waals surface area contributed by atoms with Crippen molar-refractivity contribution in [2.45, 2.75) is 6.54 Å². The Morgan fingerprint density at radius 2 is 2.06 bits per heavy atom. The summed E-state index contributed by atoms with van der Waals surface area (Å²) in [5, 5.41) is 30.8. The first kappa shape index (κ1) is 11.4. The van der Waals surface area contributed by atoms with Gasteiger partial charge >= 0.3 is 7.12 Å². The molecule has 0 saturated heterocycles. The molecule has 0 saturated carbocycles. The molecule has 0 aliphatic heterocycles. The van der Waals surface area contributed by atoms with Crippen LogP contribution in [0.4, 0.5) is 0 Å². The van der Waals surface area contributed by atoms with Gasteiger partial charge in [0, 0.05) is 6.20 Å². The number of nitriles is 1. The Kier molecular flexibility index (Phi) is 3.23. The molecule has 0 fully saturated rings. The summed E-state index contributed by atoms with van der Waals surface area (Å²) in [7, 11) is -1.57. The number of rotatable bonds is 3. The molecule has 1 aromatic heterocycles. The van der Waals surface area contributed by atoms with Gasteiger partial charge < -0.3 is 10.0 Å². The molecule has 0 atom stereocenters. The lowest BCUT2D eigenvalue weighted by atomic mass is 9.87. The Morgan fingerprint density at radius 3 is 2.71 bits per heavy atom. The monoisotopic (exact) mass is 227 g/mol. The molecule has 0 bridgehead atoms. The van der Waals surface area contributed by atoms with Crippen molar-refractivity contribution in [1.82, 2.24) is 9.78 Å². The predicted molar refractivity (Wildman–Crippen MR) is 62.3 cm³/mol. The molecule has 0 aliphatic rings. The Hall–Kier alpha value is -2.10. The predicted octanol–water partition coefficient (Wildman–Crippen LogP) is -0.517. The van der Waals surface area contributed by atoms with Gasteiger partial charge in [-0.15, -0.1) is 0 Å². The molecule has 0 aliphatic carbocycles. The minimum Gasteiger partial charge on any atom is -0.422 e. The smallest absolute Gasteiger partial charge is 0.422 e. The van der Waals surface area contributed by atoms with E-state index in [1.165, 1.54) is 6.07 Å². The first-order chi connectivity index (χ1) is 8.20. The summed E-state index contributed by atoms with van der Waals surface area (Å²) < 4.78 is 1.56. The van der Waals surface area contributed by atoms with E-state index in [1.807, 2.05) is 12.1 Å². The molecular formula is C11H10BN3O2. The fourth-order valence-corrected chi connectivity index (χ4v) is 1.54. The van der Waals surface area contributed by atoms with E-state index in [2.05, 4.69) is 11.2 Å². The van der Waals surface area contributed by atoms with Gasteiger partial charge in [0.15, 0.2) is 0 Å². The third kappa shape index (κ3) is 2.53. The zero-order valence-electron chi connectivity index (χ0n) is 8.98. The van der Waals surface area contributed by atoms with Crippen LogP contribution in [0.2, 0.25) is 0 Å². The molecule has 0 amide bonds. The van der Waals surface area contributed by atoms with Gasteiger partial charge in [-0.1, -0.05) is 18.2 Å². The summed E-state index contributed by atoms with van der Waals surface area (Å²) in [5.41, 5.74) is 1.63. The second-order valence-electron chi connectivity index (χ2n) is 3.58. The van der Waals surface area contributed by atoms with Gasteiger partial charge in [0.1, 0.15) is 0 Å². The van der Waals surface area contributed by atoms with Gasteiger partial charge in [-0.25, -0.2) is 0 Å². The molecular weight excluding hydrogens is 217 g/mol. The first-order valence-electron chi connectivity index (χ1n) is 5.08. The van der Waals surface area contributed by atoms with Gasteiger partial charge in [-0.05, 0) is 17.7 Å². The lowest BCUT2D eigenvalue weighted by molar-refractivity contribution is 0.423. The van der Waals surface area contributed by atoms with Crippen molar-refractivity contribution in [3.63, 3.8) is 0 Å². The highest BCUT2D eigenvalue weighted by molar-refractivity contribution is 6.57. The normalized spacial score (nSPS) is 9.94. The average molecular weight is 227 g/mol. The van der Waals surface area contributed by atoms with Crippen molar-refractivity contribution >= 4 is 12.7 Å². The third-order valence-electron chi connectivity index (χ3n) is 2.40. The Bertz CT molecular complexity index is 560. The summed E-state index contributed by atoms with van der Waals surface area (Å²) in [6.07, 6.45) is 1.64. The molecule has 84 valence electrons. The van der Waals surface area contributed by atoms with E-state index in [9.17, 15) is 0 Å². The Morgan fingerprint density at radius 1 is 1.29 bits per heavy atom. The summed E-state index contributed by atoms with van der Waals surface area (Å²) in [4.78, 5) is 0. The maximum absolute atomic E-state index is 8.93. The van der Waals surface area contributed by atoms with Crippen molar-refractivity contribution in [1.29, 1.82) is 5.26 Å². The maximum atomic E-state index is 8.93. The van der Waals surface area contributed by atoms with Crippen LogP contribution in [0.15, 0.2) is 36.5 Å². The highest BCUT2D eigenvalue weighted by Gasteiger charge is 2.14. The highest BCUT2D eigenvalue weighted by atomic mass is 16.4. The number of hydrogen-bond donors (Lipinski definition) is 2. The zero-order valence-corrected chi connectivity index (χ0v) is 8.98. The van der Waals surface area contributed by atoms with Gasteiger partial charge in [-0.2, -0.15) is 10.4 Å². The minimum atomic E-state index is -1.57. The molecule has 1 aromatic carbocycles. The topological polar surface area (TPSA) is 82.1 Å². The maximum Gasteiger partial charge on any atom is 0.510 e. The molecule has 5 nitrogen and oxygen atoms in total. The zero-order chi connectivity index (χ0) is 12.3. The van der Waals surface area contributed by atoms with E-state index in [0.29, 0.717) is 12.1 Å². The number of aromatic nitrogens is 2. The van der Waals surface area contributed by atoms with Crippen LogP contribution >= 0.6 is 0 Å². The van der Waals surface area contributed by atoms with Crippen LogP contribution < -0.4 is 5.59 Å². The molecule has 0 spiro atoms. The molecule has 1 heterocycles.